The van der Waals surface area contributed by atoms with Gasteiger partial charge in [0.15, 0.2) is 0 Å². The van der Waals surface area contributed by atoms with Gasteiger partial charge >= 0.3 is 0 Å². The van der Waals surface area contributed by atoms with Gasteiger partial charge in [0.05, 0.1) is 0 Å². The van der Waals surface area contributed by atoms with Crippen molar-refractivity contribution in [2.75, 3.05) is 33.3 Å². The highest BCUT2D eigenvalue weighted by molar-refractivity contribution is 6.30. The Hall–Kier alpha value is -1.30. The number of hydrogen-bond donors (Lipinski definition) is 2. The molecule has 1 aromatic rings. The van der Waals surface area contributed by atoms with Gasteiger partial charge in [-0.1, -0.05) is 11.6 Å². The number of piperidine rings is 1. The van der Waals surface area contributed by atoms with Gasteiger partial charge in [0.1, 0.15) is 18.5 Å². The van der Waals surface area contributed by atoms with Gasteiger partial charge in [-0.15, -0.1) is 0 Å². The first-order valence-electron chi connectivity index (χ1n) is 8.06. The molecule has 0 radical (unpaired) electrons. The van der Waals surface area contributed by atoms with Crippen LogP contribution >= 0.6 is 11.6 Å². The SMILES string of the molecule is CNC(=O)CC1CCN(CC(O)COc2ccc(Cl)cc2)CC1. The number of nitrogens with one attached hydrogen (secondary N) is 1. The Kier molecular flexibility index (Phi) is 7.15. The van der Waals surface area contributed by atoms with E-state index in [-0.39, 0.29) is 12.5 Å². The number of aliphatic hydroxyl groups excluding tert-OH is 1. The molecule has 1 fully saturated rings. The van der Waals surface area contributed by atoms with E-state index >= 15 is 0 Å². The van der Waals surface area contributed by atoms with Crippen molar-refractivity contribution in [1.29, 1.82) is 0 Å². The maximum Gasteiger partial charge on any atom is 0.220 e. The summed E-state index contributed by atoms with van der Waals surface area (Å²) in [6.45, 7) is 2.69. The monoisotopic (exact) mass is 340 g/mol. The number of β-amino-alcohol motifs (C(OH)–C–C–N with tert-alkyl or cyclic N) is 1. The summed E-state index contributed by atoms with van der Waals surface area (Å²) in [4.78, 5) is 13.6. The maximum absolute atomic E-state index is 11.4. The summed E-state index contributed by atoms with van der Waals surface area (Å²) in [5.74, 6) is 1.27. The molecule has 1 heterocycles. The van der Waals surface area contributed by atoms with Crippen molar-refractivity contribution >= 4 is 17.5 Å². The van der Waals surface area contributed by atoms with E-state index in [1.807, 2.05) is 0 Å². The lowest BCUT2D eigenvalue weighted by molar-refractivity contribution is -0.121. The lowest BCUT2D eigenvalue weighted by Gasteiger charge is -2.32. The minimum absolute atomic E-state index is 0.111. The number of carbonyl (C=O) groups excluding carboxylic acids is 1. The standard InChI is InChI=1S/C17H25ClN2O3/c1-19-17(22)10-13-6-8-20(9-7-13)11-15(21)12-23-16-4-2-14(18)3-5-16/h2-5,13,15,21H,6-12H2,1H3,(H,19,22). The number of carbonyl (C=O) groups is 1. The highest BCUT2D eigenvalue weighted by Gasteiger charge is 2.22. The Morgan fingerprint density at radius 1 is 1.39 bits per heavy atom. The average molecular weight is 341 g/mol. The number of benzene rings is 1. The molecule has 1 amide bonds. The fourth-order valence-corrected chi connectivity index (χ4v) is 2.94. The zero-order valence-electron chi connectivity index (χ0n) is 13.5. The van der Waals surface area contributed by atoms with Crippen LogP contribution in [-0.4, -0.2) is 55.3 Å². The van der Waals surface area contributed by atoms with Gasteiger partial charge in [-0.25, -0.2) is 0 Å². The lowest BCUT2D eigenvalue weighted by atomic mass is 9.93. The predicted octanol–water partition coefficient (Wildman–Crippen LogP) is 1.93. The normalized spacial score (nSPS) is 17.7. The van der Waals surface area contributed by atoms with Crippen LogP contribution in [0.1, 0.15) is 19.3 Å². The molecule has 0 aromatic heterocycles. The van der Waals surface area contributed by atoms with Gasteiger partial charge in [0, 0.05) is 25.0 Å². The Bertz CT molecular complexity index is 487. The Balaban J connectivity index is 1.65. The molecule has 128 valence electrons. The molecule has 0 saturated carbocycles. The van der Waals surface area contributed by atoms with Crippen LogP contribution in [0.15, 0.2) is 24.3 Å². The number of hydrogen-bond acceptors (Lipinski definition) is 4. The van der Waals surface area contributed by atoms with Crippen molar-refractivity contribution < 1.29 is 14.6 Å². The van der Waals surface area contributed by atoms with Crippen molar-refractivity contribution in [3.05, 3.63) is 29.3 Å². The molecule has 1 aliphatic heterocycles. The van der Waals surface area contributed by atoms with E-state index in [4.69, 9.17) is 16.3 Å². The molecule has 1 aliphatic rings. The smallest absolute Gasteiger partial charge is 0.220 e. The Labute approximate surface area is 142 Å². The molecule has 1 saturated heterocycles. The fraction of sp³-hybridized carbons (Fsp3) is 0.588. The van der Waals surface area contributed by atoms with Gasteiger partial charge in [-0.2, -0.15) is 0 Å². The topological polar surface area (TPSA) is 61.8 Å². The number of likely N-dealkylation sites (tertiary alicyclic amines) is 1. The molecular weight excluding hydrogens is 316 g/mol. The van der Waals surface area contributed by atoms with Gasteiger partial charge in [0.25, 0.3) is 0 Å². The summed E-state index contributed by atoms with van der Waals surface area (Å²) in [5, 5.41) is 13.4. The Morgan fingerprint density at radius 3 is 2.65 bits per heavy atom. The van der Waals surface area contributed by atoms with E-state index in [1.54, 1.807) is 31.3 Å². The second-order valence-electron chi connectivity index (χ2n) is 6.04. The molecule has 1 aromatic carbocycles. The second kappa shape index (κ2) is 9.11. The lowest BCUT2D eigenvalue weighted by Crippen LogP contribution is -2.41. The zero-order chi connectivity index (χ0) is 16.7. The van der Waals surface area contributed by atoms with Gasteiger partial charge < -0.3 is 20.1 Å². The number of halogens is 1. The first-order chi connectivity index (χ1) is 11.1. The van der Waals surface area contributed by atoms with Crippen LogP contribution in [0.2, 0.25) is 5.02 Å². The molecule has 0 bridgehead atoms. The molecule has 23 heavy (non-hydrogen) atoms. The molecule has 2 rings (SSSR count). The third-order valence-corrected chi connectivity index (χ3v) is 4.44. The minimum Gasteiger partial charge on any atom is -0.491 e. The van der Waals surface area contributed by atoms with Crippen LogP contribution in [0.3, 0.4) is 0 Å². The fourth-order valence-electron chi connectivity index (χ4n) is 2.81. The third-order valence-electron chi connectivity index (χ3n) is 4.19. The zero-order valence-corrected chi connectivity index (χ0v) is 14.3. The number of aliphatic hydroxyl groups is 1. The average Bonchev–Trinajstić information content (AvgIpc) is 2.56. The predicted molar refractivity (Wildman–Crippen MR) is 90.8 cm³/mol. The molecule has 1 unspecified atom stereocenters. The van der Waals surface area contributed by atoms with Crippen LogP contribution in [0.5, 0.6) is 5.75 Å². The summed E-state index contributed by atoms with van der Waals surface area (Å²) >= 11 is 5.82. The van der Waals surface area contributed by atoms with E-state index in [0.29, 0.717) is 29.7 Å². The molecule has 5 nitrogen and oxygen atoms in total. The largest absolute Gasteiger partial charge is 0.491 e. The molecular formula is C17H25ClN2O3. The van der Waals surface area contributed by atoms with E-state index < -0.39 is 6.10 Å². The van der Waals surface area contributed by atoms with Gasteiger partial charge in [-0.3, -0.25) is 4.79 Å². The molecule has 6 heteroatoms. The van der Waals surface area contributed by atoms with Crippen molar-refractivity contribution in [3.8, 4) is 5.75 Å². The van der Waals surface area contributed by atoms with Crippen LogP contribution in [0.25, 0.3) is 0 Å². The van der Waals surface area contributed by atoms with Crippen molar-refractivity contribution in [3.63, 3.8) is 0 Å². The number of rotatable bonds is 7. The van der Waals surface area contributed by atoms with E-state index in [0.717, 1.165) is 25.9 Å². The van der Waals surface area contributed by atoms with Crippen molar-refractivity contribution in [2.24, 2.45) is 5.92 Å². The third kappa shape index (κ3) is 6.37. The first kappa shape index (κ1) is 18.0. The quantitative estimate of drug-likeness (QED) is 0.796. The van der Waals surface area contributed by atoms with Crippen molar-refractivity contribution in [1.82, 2.24) is 10.2 Å². The Morgan fingerprint density at radius 2 is 2.04 bits per heavy atom. The summed E-state index contributed by atoms with van der Waals surface area (Å²) in [7, 11) is 1.68. The highest BCUT2D eigenvalue weighted by atomic mass is 35.5. The molecule has 1 atom stereocenters. The van der Waals surface area contributed by atoms with E-state index in [1.165, 1.54) is 0 Å². The number of nitrogens with zero attached hydrogens (tertiary/aromatic N) is 1. The van der Waals surface area contributed by atoms with E-state index in [2.05, 4.69) is 10.2 Å². The molecule has 0 aliphatic carbocycles. The number of ether oxygens (including phenoxy) is 1. The summed E-state index contributed by atoms with van der Waals surface area (Å²) < 4.78 is 5.56. The van der Waals surface area contributed by atoms with Crippen LogP contribution < -0.4 is 10.1 Å². The molecule has 2 N–H and O–H groups in total. The minimum atomic E-state index is -0.527. The van der Waals surface area contributed by atoms with Crippen LogP contribution in [-0.2, 0) is 4.79 Å². The van der Waals surface area contributed by atoms with Crippen molar-refractivity contribution in [2.45, 2.75) is 25.4 Å². The summed E-state index contributed by atoms with van der Waals surface area (Å²) in [6.07, 6.45) is 2.07. The summed E-state index contributed by atoms with van der Waals surface area (Å²) in [5.41, 5.74) is 0. The van der Waals surface area contributed by atoms with Gasteiger partial charge in [0.2, 0.25) is 5.91 Å². The summed E-state index contributed by atoms with van der Waals surface area (Å²) in [6, 6.07) is 7.11. The van der Waals surface area contributed by atoms with Crippen LogP contribution in [0.4, 0.5) is 0 Å². The first-order valence-corrected chi connectivity index (χ1v) is 8.44. The number of amides is 1. The second-order valence-corrected chi connectivity index (χ2v) is 6.48. The maximum atomic E-state index is 11.4. The van der Waals surface area contributed by atoms with Crippen LogP contribution in [0, 0.1) is 5.92 Å². The van der Waals surface area contributed by atoms with E-state index in [9.17, 15) is 9.90 Å². The molecule has 0 spiro atoms. The highest BCUT2D eigenvalue weighted by Crippen LogP contribution is 2.21. The van der Waals surface area contributed by atoms with Gasteiger partial charge in [-0.05, 0) is 56.1 Å².